The van der Waals surface area contributed by atoms with E-state index in [2.05, 4.69) is 13.2 Å². The molecule has 1 aliphatic rings. The maximum absolute atomic E-state index is 14.9. The first kappa shape index (κ1) is 25.3. The Hall–Kier alpha value is -3.32. The van der Waals surface area contributed by atoms with Crippen molar-refractivity contribution in [2.24, 2.45) is 0 Å². The van der Waals surface area contributed by atoms with Gasteiger partial charge in [0.25, 0.3) is 0 Å². The Labute approximate surface area is 197 Å². The number of aliphatic hydroxyl groups is 1. The average Bonchev–Trinajstić information content (AvgIpc) is 2.81. The first-order valence-electron chi connectivity index (χ1n) is 11.1. The van der Waals surface area contributed by atoms with Crippen molar-refractivity contribution in [2.75, 3.05) is 6.61 Å². The summed E-state index contributed by atoms with van der Waals surface area (Å²) in [6.45, 7) is 8.79. The number of esters is 1. The van der Waals surface area contributed by atoms with Crippen LogP contribution >= 0.6 is 0 Å². The van der Waals surface area contributed by atoms with Crippen LogP contribution in [0.5, 0.6) is 0 Å². The summed E-state index contributed by atoms with van der Waals surface area (Å²) in [5.74, 6) is -4.02. The van der Waals surface area contributed by atoms with Crippen molar-refractivity contribution in [1.82, 2.24) is 0 Å². The summed E-state index contributed by atoms with van der Waals surface area (Å²) in [6.07, 6.45) is 2.87. The van der Waals surface area contributed by atoms with E-state index >= 15 is 0 Å². The molecule has 0 spiro atoms. The maximum Gasteiger partial charge on any atom is 0.343 e. The zero-order chi connectivity index (χ0) is 24.8. The van der Waals surface area contributed by atoms with Crippen molar-refractivity contribution in [3.8, 4) is 11.1 Å². The Morgan fingerprint density at radius 3 is 2.32 bits per heavy atom. The van der Waals surface area contributed by atoms with Crippen LogP contribution < -0.4 is 0 Å². The van der Waals surface area contributed by atoms with Gasteiger partial charge in [0, 0.05) is 11.6 Å². The van der Waals surface area contributed by atoms with Gasteiger partial charge in [-0.15, -0.1) is 0 Å². The minimum Gasteiger partial charge on any atom is -0.491 e. The van der Waals surface area contributed by atoms with Gasteiger partial charge in [0.15, 0.2) is 17.5 Å². The molecule has 1 N–H and O–H groups in total. The van der Waals surface area contributed by atoms with Gasteiger partial charge in [0.1, 0.15) is 11.5 Å². The molecule has 3 rings (SSSR count). The molecular formula is C27H27F3O4. The van der Waals surface area contributed by atoms with Gasteiger partial charge in [-0.25, -0.2) is 18.0 Å². The second-order valence-corrected chi connectivity index (χ2v) is 8.12. The van der Waals surface area contributed by atoms with Crippen LogP contribution in [0.2, 0.25) is 0 Å². The van der Waals surface area contributed by atoms with Gasteiger partial charge in [-0.05, 0) is 61.8 Å². The Morgan fingerprint density at radius 1 is 1.06 bits per heavy atom. The van der Waals surface area contributed by atoms with E-state index in [0.29, 0.717) is 36.8 Å². The smallest absolute Gasteiger partial charge is 0.343 e. The van der Waals surface area contributed by atoms with Crippen LogP contribution in [0.25, 0.3) is 11.1 Å². The van der Waals surface area contributed by atoms with E-state index in [4.69, 9.17) is 9.47 Å². The first-order valence-corrected chi connectivity index (χ1v) is 11.1. The topological polar surface area (TPSA) is 55.8 Å². The van der Waals surface area contributed by atoms with Crippen LogP contribution in [0.4, 0.5) is 13.2 Å². The van der Waals surface area contributed by atoms with Crippen molar-refractivity contribution in [3.63, 3.8) is 0 Å². The number of halogens is 3. The van der Waals surface area contributed by atoms with Gasteiger partial charge >= 0.3 is 5.97 Å². The fraction of sp³-hybridized carbons (Fsp3) is 0.296. The van der Waals surface area contributed by atoms with Crippen molar-refractivity contribution < 1.29 is 32.5 Å². The third-order valence-electron chi connectivity index (χ3n) is 5.78. The molecule has 1 saturated carbocycles. The van der Waals surface area contributed by atoms with E-state index in [-0.39, 0.29) is 41.3 Å². The SMILES string of the molecule is C=C(/C=C(/F)C(=C)OCC)OC(=O)c1ccc(-c2ccc(C3CCC(O)CC3)c(F)c2F)cc1. The number of carbonyl (C=O) groups excluding carboxylic acids is 1. The molecule has 0 heterocycles. The summed E-state index contributed by atoms with van der Waals surface area (Å²) in [5, 5.41) is 9.65. The lowest BCUT2D eigenvalue weighted by Gasteiger charge is -2.26. The van der Waals surface area contributed by atoms with Crippen LogP contribution in [0.3, 0.4) is 0 Å². The van der Waals surface area contributed by atoms with E-state index < -0.39 is 23.4 Å². The third kappa shape index (κ3) is 5.97. The Balaban J connectivity index is 1.71. The van der Waals surface area contributed by atoms with E-state index in [1.54, 1.807) is 13.0 Å². The predicted octanol–water partition coefficient (Wildman–Crippen LogP) is 6.72. The predicted molar refractivity (Wildman–Crippen MR) is 124 cm³/mol. The number of aliphatic hydroxyl groups excluding tert-OH is 1. The molecule has 1 aliphatic carbocycles. The molecule has 0 radical (unpaired) electrons. The number of hydrogen-bond donors (Lipinski definition) is 1. The Kier molecular flexibility index (Phi) is 8.34. The zero-order valence-electron chi connectivity index (χ0n) is 19.0. The molecule has 0 aliphatic heterocycles. The van der Waals surface area contributed by atoms with Crippen molar-refractivity contribution in [3.05, 3.63) is 95.7 Å². The summed E-state index contributed by atoms with van der Waals surface area (Å²) in [6, 6.07) is 8.85. The lowest BCUT2D eigenvalue weighted by atomic mass is 9.82. The Morgan fingerprint density at radius 2 is 1.71 bits per heavy atom. The van der Waals surface area contributed by atoms with Gasteiger partial charge in [-0.2, -0.15) is 0 Å². The standard InChI is InChI=1S/C27H27F3O4/c1-4-33-17(3)24(28)15-16(2)34-27(32)20-7-5-18(6-8-20)22-13-14-23(26(30)25(22)29)19-9-11-21(31)12-10-19/h5-8,13-15,19,21,31H,2-4,9-12H2,1H3/b24-15+. The quantitative estimate of drug-likeness (QED) is 0.263. The van der Waals surface area contributed by atoms with Gasteiger partial charge in [-0.3, -0.25) is 0 Å². The lowest BCUT2D eigenvalue weighted by Crippen LogP contribution is -2.18. The van der Waals surface area contributed by atoms with Crippen LogP contribution in [0.15, 0.2) is 73.0 Å². The van der Waals surface area contributed by atoms with Crippen molar-refractivity contribution >= 4 is 5.97 Å². The summed E-state index contributed by atoms with van der Waals surface area (Å²) < 4.78 is 53.5. The molecule has 0 amide bonds. The van der Waals surface area contributed by atoms with Crippen LogP contribution in [0.1, 0.15) is 54.4 Å². The monoisotopic (exact) mass is 472 g/mol. The highest BCUT2D eigenvalue weighted by atomic mass is 19.2. The normalized spacial score (nSPS) is 18.3. The second kappa shape index (κ2) is 11.2. The van der Waals surface area contributed by atoms with Crippen molar-refractivity contribution in [2.45, 2.75) is 44.6 Å². The molecule has 0 saturated heterocycles. The van der Waals surface area contributed by atoms with Gasteiger partial charge in [0.2, 0.25) is 0 Å². The minimum atomic E-state index is -0.956. The molecule has 0 atom stereocenters. The fourth-order valence-electron chi connectivity index (χ4n) is 3.95. The molecular weight excluding hydrogens is 445 g/mol. The van der Waals surface area contributed by atoms with Crippen LogP contribution in [0, 0.1) is 11.6 Å². The highest BCUT2D eigenvalue weighted by Crippen LogP contribution is 2.37. The molecule has 0 aromatic heterocycles. The first-order chi connectivity index (χ1) is 16.2. The zero-order valence-corrected chi connectivity index (χ0v) is 19.0. The molecule has 180 valence electrons. The van der Waals surface area contributed by atoms with E-state index in [1.165, 1.54) is 30.3 Å². The molecule has 0 bridgehead atoms. The molecule has 4 nitrogen and oxygen atoms in total. The fourth-order valence-corrected chi connectivity index (χ4v) is 3.95. The molecule has 34 heavy (non-hydrogen) atoms. The molecule has 7 heteroatoms. The number of carbonyl (C=O) groups is 1. The number of ether oxygens (including phenoxy) is 2. The number of rotatable bonds is 8. The molecule has 2 aromatic carbocycles. The third-order valence-corrected chi connectivity index (χ3v) is 5.78. The second-order valence-electron chi connectivity index (χ2n) is 8.12. The number of allylic oxidation sites excluding steroid dienone is 2. The average molecular weight is 473 g/mol. The number of benzene rings is 2. The summed E-state index contributed by atoms with van der Waals surface area (Å²) in [5.41, 5.74) is 0.900. The van der Waals surface area contributed by atoms with Crippen molar-refractivity contribution in [1.29, 1.82) is 0 Å². The summed E-state index contributed by atoms with van der Waals surface area (Å²) in [7, 11) is 0. The van der Waals surface area contributed by atoms with E-state index in [9.17, 15) is 23.1 Å². The molecule has 2 aromatic rings. The summed E-state index contributed by atoms with van der Waals surface area (Å²) >= 11 is 0. The van der Waals surface area contributed by atoms with E-state index in [0.717, 1.165) is 6.08 Å². The van der Waals surface area contributed by atoms with Crippen LogP contribution in [-0.4, -0.2) is 23.8 Å². The molecule has 1 fully saturated rings. The highest BCUT2D eigenvalue weighted by Gasteiger charge is 2.25. The number of hydrogen-bond acceptors (Lipinski definition) is 4. The lowest BCUT2D eigenvalue weighted by molar-refractivity contribution is 0.0637. The Bertz CT molecular complexity index is 1100. The highest BCUT2D eigenvalue weighted by molar-refractivity contribution is 5.91. The maximum atomic E-state index is 14.9. The molecule has 0 unspecified atom stereocenters. The minimum absolute atomic E-state index is 0.0702. The van der Waals surface area contributed by atoms with Crippen LogP contribution in [-0.2, 0) is 9.47 Å². The summed E-state index contributed by atoms with van der Waals surface area (Å²) in [4.78, 5) is 12.3. The van der Waals surface area contributed by atoms with Gasteiger partial charge < -0.3 is 14.6 Å². The van der Waals surface area contributed by atoms with Gasteiger partial charge in [-0.1, -0.05) is 37.4 Å². The van der Waals surface area contributed by atoms with Gasteiger partial charge in [0.05, 0.1) is 18.3 Å². The largest absolute Gasteiger partial charge is 0.491 e. The van der Waals surface area contributed by atoms with E-state index in [1.807, 2.05) is 0 Å².